The summed E-state index contributed by atoms with van der Waals surface area (Å²) in [5.74, 6) is 0.131. The molecule has 0 saturated heterocycles. The van der Waals surface area contributed by atoms with Gasteiger partial charge in [-0.3, -0.25) is 0 Å². The summed E-state index contributed by atoms with van der Waals surface area (Å²) in [6, 6.07) is 3.68. The van der Waals surface area contributed by atoms with Crippen LogP contribution in [0.4, 0.5) is 0 Å². The minimum Gasteiger partial charge on any atom is -0.495 e. The quantitative estimate of drug-likeness (QED) is 0.543. The molecule has 1 aromatic rings. The van der Waals surface area contributed by atoms with Crippen LogP contribution in [0.2, 0.25) is 0 Å². The number of carbonyl (C=O) groups is 1. The summed E-state index contributed by atoms with van der Waals surface area (Å²) in [7, 11) is 1.53. The van der Waals surface area contributed by atoms with E-state index in [2.05, 4.69) is 38.5 Å². The van der Waals surface area contributed by atoms with Crippen LogP contribution in [0.3, 0.4) is 0 Å². The molecule has 0 fully saturated rings. The molecule has 0 unspecified atom stereocenters. The molecule has 0 amide bonds. The summed E-state index contributed by atoms with van der Waals surface area (Å²) in [5, 5.41) is 0. The van der Waals surface area contributed by atoms with E-state index in [1.165, 1.54) is 7.11 Å². The van der Waals surface area contributed by atoms with Crippen molar-refractivity contribution in [3.63, 3.8) is 0 Å². The first-order valence-corrected chi connectivity index (χ1v) is 6.89. The largest absolute Gasteiger partial charge is 0.495 e. The van der Waals surface area contributed by atoms with Crippen molar-refractivity contribution < 1.29 is 14.3 Å². The zero-order valence-electron chi connectivity index (χ0n) is 10.1. The minimum absolute atomic E-state index is 0.375. The molecule has 0 bridgehead atoms. The molecule has 17 heavy (non-hydrogen) atoms. The van der Waals surface area contributed by atoms with Crippen LogP contribution in [0.5, 0.6) is 5.75 Å². The normalized spacial score (nSPS) is 11.2. The predicted octanol–water partition coefficient (Wildman–Crippen LogP) is 4.02. The molecule has 0 aromatic heterocycles. The van der Waals surface area contributed by atoms with E-state index < -0.39 is 5.60 Å². The lowest BCUT2D eigenvalue weighted by atomic mass is 10.1. The highest BCUT2D eigenvalue weighted by atomic mass is 127. The molecule has 0 heterocycles. The lowest BCUT2D eigenvalue weighted by molar-refractivity contribution is 0.00651. The Labute approximate surface area is 123 Å². The first-order valence-electron chi connectivity index (χ1n) is 5.01. The van der Waals surface area contributed by atoms with Gasteiger partial charge in [-0.25, -0.2) is 4.79 Å². The van der Waals surface area contributed by atoms with Crippen LogP contribution in [0.25, 0.3) is 0 Å². The van der Waals surface area contributed by atoms with Gasteiger partial charge in [0.25, 0.3) is 0 Å². The first kappa shape index (κ1) is 14.8. The Hall–Kier alpha value is -0.300. The highest BCUT2D eigenvalue weighted by Gasteiger charge is 2.24. The SMILES string of the molecule is COc1c(Br)ccc(I)c1C(=O)OC(C)(C)C. The van der Waals surface area contributed by atoms with E-state index in [0.29, 0.717) is 11.3 Å². The maximum absolute atomic E-state index is 12.1. The van der Waals surface area contributed by atoms with Gasteiger partial charge in [0, 0.05) is 3.57 Å². The summed E-state index contributed by atoms with van der Waals surface area (Å²) in [6.07, 6.45) is 0. The summed E-state index contributed by atoms with van der Waals surface area (Å²) in [6.45, 7) is 5.51. The van der Waals surface area contributed by atoms with Gasteiger partial charge in [-0.1, -0.05) is 0 Å². The second-order valence-electron chi connectivity index (χ2n) is 4.44. The van der Waals surface area contributed by atoms with Gasteiger partial charge in [-0.05, 0) is 71.4 Å². The van der Waals surface area contributed by atoms with E-state index >= 15 is 0 Å². The Kier molecular flexibility index (Phi) is 4.83. The summed E-state index contributed by atoms with van der Waals surface area (Å²) < 4.78 is 12.1. The molecule has 0 saturated carbocycles. The summed E-state index contributed by atoms with van der Waals surface area (Å²) in [4.78, 5) is 12.1. The third-order valence-corrected chi connectivity index (χ3v) is 3.39. The van der Waals surface area contributed by atoms with Crippen molar-refractivity contribution in [2.45, 2.75) is 26.4 Å². The molecule has 3 nitrogen and oxygen atoms in total. The molecule has 94 valence electrons. The number of rotatable bonds is 2. The van der Waals surface area contributed by atoms with Crippen LogP contribution in [-0.4, -0.2) is 18.7 Å². The Morgan fingerprint density at radius 3 is 2.41 bits per heavy atom. The van der Waals surface area contributed by atoms with Crippen molar-refractivity contribution in [1.29, 1.82) is 0 Å². The van der Waals surface area contributed by atoms with Crippen LogP contribution >= 0.6 is 38.5 Å². The molecule has 1 aromatic carbocycles. The number of benzene rings is 1. The Morgan fingerprint density at radius 2 is 1.94 bits per heavy atom. The minimum atomic E-state index is -0.520. The molecule has 1 rings (SSSR count). The molecular weight excluding hydrogens is 399 g/mol. The average Bonchev–Trinajstić information content (AvgIpc) is 2.18. The fourth-order valence-electron chi connectivity index (χ4n) is 1.25. The van der Waals surface area contributed by atoms with Crippen LogP contribution in [0.15, 0.2) is 16.6 Å². The standard InChI is InChI=1S/C12H14BrIO3/c1-12(2,3)17-11(15)9-8(14)6-5-7(13)10(9)16-4/h5-6H,1-4H3. The second-order valence-corrected chi connectivity index (χ2v) is 6.46. The van der Waals surface area contributed by atoms with Gasteiger partial charge in [0.05, 0.1) is 11.6 Å². The van der Waals surface area contributed by atoms with Crippen LogP contribution in [-0.2, 0) is 4.74 Å². The number of hydrogen-bond acceptors (Lipinski definition) is 3. The first-order chi connectivity index (χ1) is 7.76. The van der Waals surface area contributed by atoms with Crippen molar-refractivity contribution in [1.82, 2.24) is 0 Å². The van der Waals surface area contributed by atoms with Crippen LogP contribution in [0, 0.1) is 3.57 Å². The maximum Gasteiger partial charge on any atom is 0.343 e. The second kappa shape index (κ2) is 5.56. The number of methoxy groups -OCH3 is 1. The molecule has 0 spiro atoms. The van der Waals surface area contributed by atoms with E-state index in [0.717, 1.165) is 8.04 Å². The van der Waals surface area contributed by atoms with Gasteiger partial charge >= 0.3 is 5.97 Å². The van der Waals surface area contributed by atoms with Crippen molar-refractivity contribution >= 4 is 44.5 Å². The van der Waals surface area contributed by atoms with E-state index in [1.807, 2.05) is 32.9 Å². The third kappa shape index (κ3) is 3.84. The molecule has 5 heteroatoms. The fraction of sp³-hybridized carbons (Fsp3) is 0.417. The highest BCUT2D eigenvalue weighted by molar-refractivity contribution is 14.1. The van der Waals surface area contributed by atoms with Crippen molar-refractivity contribution in [3.05, 3.63) is 25.7 Å². The predicted molar refractivity (Wildman–Crippen MR) is 78.6 cm³/mol. The van der Waals surface area contributed by atoms with Crippen molar-refractivity contribution in [2.24, 2.45) is 0 Å². The molecule has 0 radical (unpaired) electrons. The topological polar surface area (TPSA) is 35.5 Å². The highest BCUT2D eigenvalue weighted by Crippen LogP contribution is 2.33. The van der Waals surface area contributed by atoms with Crippen molar-refractivity contribution in [3.8, 4) is 5.75 Å². The van der Waals surface area contributed by atoms with Crippen LogP contribution in [0.1, 0.15) is 31.1 Å². The number of carbonyl (C=O) groups excluding carboxylic acids is 1. The number of esters is 1. The maximum atomic E-state index is 12.1. The molecular formula is C12H14BrIO3. The lowest BCUT2D eigenvalue weighted by Crippen LogP contribution is -2.24. The molecule has 0 N–H and O–H groups in total. The van der Waals surface area contributed by atoms with Gasteiger partial charge in [0.2, 0.25) is 0 Å². The zero-order valence-corrected chi connectivity index (χ0v) is 13.9. The Balaban J connectivity index is 3.21. The van der Waals surface area contributed by atoms with E-state index in [9.17, 15) is 4.79 Å². The van der Waals surface area contributed by atoms with Gasteiger partial charge in [0.15, 0.2) is 0 Å². The van der Waals surface area contributed by atoms with E-state index in [1.54, 1.807) is 0 Å². The van der Waals surface area contributed by atoms with Gasteiger partial charge in [0.1, 0.15) is 16.9 Å². The molecule has 0 aliphatic heterocycles. The van der Waals surface area contributed by atoms with Crippen LogP contribution < -0.4 is 4.74 Å². The Morgan fingerprint density at radius 1 is 1.35 bits per heavy atom. The number of ether oxygens (including phenoxy) is 2. The smallest absolute Gasteiger partial charge is 0.343 e. The Bertz CT molecular complexity index is 438. The van der Waals surface area contributed by atoms with Gasteiger partial charge < -0.3 is 9.47 Å². The van der Waals surface area contributed by atoms with Gasteiger partial charge in [-0.15, -0.1) is 0 Å². The lowest BCUT2D eigenvalue weighted by Gasteiger charge is -2.21. The van der Waals surface area contributed by atoms with E-state index in [-0.39, 0.29) is 5.97 Å². The average molecular weight is 413 g/mol. The number of halogens is 2. The summed E-state index contributed by atoms with van der Waals surface area (Å²) >= 11 is 5.44. The monoisotopic (exact) mass is 412 g/mol. The van der Waals surface area contributed by atoms with E-state index in [4.69, 9.17) is 9.47 Å². The number of hydrogen-bond donors (Lipinski definition) is 0. The molecule has 0 aliphatic carbocycles. The fourth-order valence-corrected chi connectivity index (χ4v) is 2.39. The molecule has 0 aliphatic rings. The summed E-state index contributed by atoms with van der Waals surface area (Å²) in [5.41, 5.74) is -0.0644. The third-order valence-electron chi connectivity index (χ3n) is 1.87. The molecule has 0 atom stereocenters. The van der Waals surface area contributed by atoms with Gasteiger partial charge in [-0.2, -0.15) is 0 Å². The zero-order chi connectivity index (χ0) is 13.2. The van der Waals surface area contributed by atoms with Crippen molar-refractivity contribution in [2.75, 3.05) is 7.11 Å².